The van der Waals surface area contributed by atoms with E-state index >= 15 is 0 Å². The second-order valence-corrected chi connectivity index (χ2v) is 6.30. The molecule has 3 N–H and O–H groups in total. The molecular weight excluding hydrogens is 347 g/mol. The molecule has 3 heterocycles. The van der Waals surface area contributed by atoms with Crippen LogP contribution in [0.1, 0.15) is 11.4 Å². The highest BCUT2D eigenvalue weighted by molar-refractivity contribution is 5.91. The Kier molecular flexibility index (Phi) is 3.27. The third kappa shape index (κ3) is 2.45. The van der Waals surface area contributed by atoms with Crippen molar-refractivity contribution in [3.05, 3.63) is 59.8 Å². The molecule has 0 atom stereocenters. The Morgan fingerprint density at radius 1 is 1.15 bits per heavy atom. The molecule has 0 spiro atoms. The van der Waals surface area contributed by atoms with E-state index in [-0.39, 0.29) is 11.8 Å². The van der Waals surface area contributed by atoms with Gasteiger partial charge in [-0.05, 0) is 35.9 Å². The molecule has 0 fully saturated rings. The first-order valence-corrected chi connectivity index (χ1v) is 8.37. The monoisotopic (exact) mass is 362 g/mol. The summed E-state index contributed by atoms with van der Waals surface area (Å²) >= 11 is 0. The number of aromatic nitrogens is 5. The van der Waals surface area contributed by atoms with Gasteiger partial charge in [-0.2, -0.15) is 9.50 Å². The molecule has 0 saturated heterocycles. The van der Waals surface area contributed by atoms with Crippen molar-refractivity contribution in [2.75, 3.05) is 12.8 Å². The molecule has 0 saturated carbocycles. The minimum Gasteiger partial charge on any atom is -0.497 e. The van der Waals surface area contributed by atoms with Crippen molar-refractivity contribution < 1.29 is 9.13 Å². The zero-order chi connectivity index (χ0) is 18.5. The second kappa shape index (κ2) is 5.66. The molecule has 0 amide bonds. The Morgan fingerprint density at radius 3 is 2.89 bits per heavy atom. The molecule has 3 aromatic heterocycles. The number of H-pyrrole nitrogens is 1. The minimum atomic E-state index is -0.352. The van der Waals surface area contributed by atoms with Gasteiger partial charge in [-0.1, -0.05) is 0 Å². The Labute approximate surface area is 152 Å². The number of nitrogens with zero attached hydrogens (tertiary/aromatic N) is 4. The molecule has 2 aromatic carbocycles. The molecule has 0 radical (unpaired) electrons. The number of ether oxygens (including phenoxy) is 1. The fourth-order valence-corrected chi connectivity index (χ4v) is 3.37. The molecule has 27 heavy (non-hydrogen) atoms. The number of hydrogen-bond donors (Lipinski definition) is 2. The fourth-order valence-electron chi connectivity index (χ4n) is 3.37. The number of nitrogen functional groups attached to an aromatic ring is 1. The highest BCUT2D eigenvalue weighted by Gasteiger charge is 2.15. The molecule has 0 aliphatic rings. The molecule has 7 nitrogen and oxygen atoms in total. The van der Waals surface area contributed by atoms with E-state index in [0.717, 1.165) is 22.2 Å². The number of benzene rings is 2. The van der Waals surface area contributed by atoms with Gasteiger partial charge >= 0.3 is 0 Å². The third-order valence-electron chi connectivity index (χ3n) is 4.64. The van der Waals surface area contributed by atoms with E-state index in [1.54, 1.807) is 17.7 Å². The standard InChI is InChI=1S/C19H15FN6O/c1-27-12-3-5-15-14(8-12)10(9-22-15)6-17-23-16-7-11(20)2-4-13(16)18-24-19(21)25-26(17)18/h2-5,7-9,22H,6H2,1H3,(H2,21,25). The molecule has 0 bridgehead atoms. The third-order valence-corrected chi connectivity index (χ3v) is 4.64. The van der Waals surface area contributed by atoms with E-state index in [9.17, 15) is 4.39 Å². The Bertz CT molecular complexity index is 1320. The van der Waals surface area contributed by atoms with Crippen LogP contribution in [0.5, 0.6) is 5.75 Å². The van der Waals surface area contributed by atoms with Crippen molar-refractivity contribution >= 4 is 33.4 Å². The van der Waals surface area contributed by atoms with E-state index in [2.05, 4.69) is 20.1 Å². The van der Waals surface area contributed by atoms with Gasteiger partial charge in [-0.25, -0.2) is 9.37 Å². The number of nitrogens with two attached hydrogens (primary N) is 1. The number of anilines is 1. The summed E-state index contributed by atoms with van der Waals surface area (Å²) in [7, 11) is 1.63. The summed E-state index contributed by atoms with van der Waals surface area (Å²) in [5, 5.41) is 6.00. The maximum Gasteiger partial charge on any atom is 0.240 e. The lowest BCUT2D eigenvalue weighted by Gasteiger charge is -2.07. The van der Waals surface area contributed by atoms with Gasteiger partial charge in [0.15, 0.2) is 5.65 Å². The fraction of sp³-hybridized carbons (Fsp3) is 0.105. The Hall–Kier alpha value is -3.68. The van der Waals surface area contributed by atoms with Crippen LogP contribution in [-0.2, 0) is 6.42 Å². The molecule has 8 heteroatoms. The molecule has 5 rings (SSSR count). The topological polar surface area (TPSA) is 94.1 Å². The van der Waals surface area contributed by atoms with Crippen LogP contribution in [0.25, 0.3) is 27.5 Å². The largest absolute Gasteiger partial charge is 0.497 e. The maximum atomic E-state index is 13.7. The lowest BCUT2D eigenvalue weighted by atomic mass is 10.1. The average molecular weight is 362 g/mol. The van der Waals surface area contributed by atoms with Gasteiger partial charge in [0, 0.05) is 35.0 Å². The van der Waals surface area contributed by atoms with E-state index in [1.165, 1.54) is 12.1 Å². The van der Waals surface area contributed by atoms with E-state index in [4.69, 9.17) is 10.5 Å². The first-order valence-electron chi connectivity index (χ1n) is 8.37. The highest BCUT2D eigenvalue weighted by Crippen LogP contribution is 2.27. The van der Waals surface area contributed by atoms with Crippen molar-refractivity contribution in [3.63, 3.8) is 0 Å². The lowest BCUT2D eigenvalue weighted by Crippen LogP contribution is -2.05. The van der Waals surface area contributed by atoms with Gasteiger partial charge in [-0.3, -0.25) is 0 Å². The average Bonchev–Trinajstić information content (AvgIpc) is 3.24. The summed E-state index contributed by atoms with van der Waals surface area (Å²) in [4.78, 5) is 12.2. The minimum absolute atomic E-state index is 0.149. The van der Waals surface area contributed by atoms with E-state index < -0.39 is 0 Å². The zero-order valence-corrected chi connectivity index (χ0v) is 14.4. The summed E-state index contributed by atoms with van der Waals surface area (Å²) in [6.07, 6.45) is 2.40. The highest BCUT2D eigenvalue weighted by atomic mass is 19.1. The normalized spacial score (nSPS) is 11.6. The van der Waals surface area contributed by atoms with Gasteiger partial charge in [-0.15, -0.1) is 5.10 Å². The van der Waals surface area contributed by atoms with Crippen LogP contribution in [0.15, 0.2) is 42.6 Å². The molecular formula is C19H15FN6O. The van der Waals surface area contributed by atoms with Crippen LogP contribution in [0.4, 0.5) is 10.3 Å². The van der Waals surface area contributed by atoms with Gasteiger partial charge in [0.25, 0.3) is 0 Å². The van der Waals surface area contributed by atoms with Crippen molar-refractivity contribution in [2.45, 2.75) is 6.42 Å². The SMILES string of the molecule is COc1ccc2[nH]cc(Cc3nc4cc(F)ccc4c4nc(N)nn34)c2c1. The summed E-state index contributed by atoms with van der Waals surface area (Å²) in [5.74, 6) is 1.19. The number of nitrogens with one attached hydrogen (secondary N) is 1. The zero-order valence-electron chi connectivity index (χ0n) is 14.4. The van der Waals surface area contributed by atoms with Crippen molar-refractivity contribution in [1.29, 1.82) is 0 Å². The Balaban J connectivity index is 1.72. The van der Waals surface area contributed by atoms with E-state index in [0.29, 0.717) is 28.8 Å². The van der Waals surface area contributed by atoms with Crippen molar-refractivity contribution in [2.24, 2.45) is 0 Å². The summed E-state index contributed by atoms with van der Waals surface area (Å²) in [6, 6.07) is 10.2. The molecule has 0 unspecified atom stereocenters. The quantitative estimate of drug-likeness (QED) is 0.514. The number of aromatic amines is 1. The van der Waals surface area contributed by atoms with Crippen LogP contribution >= 0.6 is 0 Å². The van der Waals surface area contributed by atoms with Gasteiger partial charge in [0.1, 0.15) is 17.4 Å². The van der Waals surface area contributed by atoms with Crippen molar-refractivity contribution in [1.82, 2.24) is 24.6 Å². The molecule has 5 aromatic rings. The van der Waals surface area contributed by atoms with Gasteiger partial charge in [0.2, 0.25) is 5.95 Å². The van der Waals surface area contributed by atoms with Crippen LogP contribution in [0.2, 0.25) is 0 Å². The summed E-state index contributed by atoms with van der Waals surface area (Å²) in [5.41, 5.74) is 8.90. The molecule has 134 valence electrons. The first-order chi connectivity index (χ1) is 13.1. The van der Waals surface area contributed by atoms with Gasteiger partial charge < -0.3 is 15.5 Å². The van der Waals surface area contributed by atoms with Gasteiger partial charge in [0.05, 0.1) is 12.6 Å². The van der Waals surface area contributed by atoms with Crippen LogP contribution in [0, 0.1) is 5.82 Å². The molecule has 0 aliphatic heterocycles. The molecule has 0 aliphatic carbocycles. The van der Waals surface area contributed by atoms with Crippen LogP contribution in [0.3, 0.4) is 0 Å². The van der Waals surface area contributed by atoms with Crippen molar-refractivity contribution in [3.8, 4) is 5.75 Å². The summed E-state index contributed by atoms with van der Waals surface area (Å²) < 4.78 is 20.7. The maximum absolute atomic E-state index is 13.7. The number of rotatable bonds is 3. The number of fused-ring (bicyclic) bond motifs is 4. The first kappa shape index (κ1) is 15.6. The predicted octanol–water partition coefficient (Wildman–Crippen LogP) is 3.08. The smallest absolute Gasteiger partial charge is 0.240 e. The lowest BCUT2D eigenvalue weighted by molar-refractivity contribution is 0.415. The number of methoxy groups -OCH3 is 1. The number of hydrogen-bond acceptors (Lipinski definition) is 5. The summed E-state index contributed by atoms with van der Waals surface area (Å²) in [6.45, 7) is 0. The van der Waals surface area contributed by atoms with Crippen LogP contribution < -0.4 is 10.5 Å². The number of halogens is 1. The van der Waals surface area contributed by atoms with Crippen LogP contribution in [-0.4, -0.2) is 31.7 Å². The van der Waals surface area contributed by atoms with E-state index in [1.807, 2.05) is 24.4 Å². The predicted molar refractivity (Wildman–Crippen MR) is 100 cm³/mol. The second-order valence-electron chi connectivity index (χ2n) is 6.30. The Morgan fingerprint density at radius 2 is 2.04 bits per heavy atom.